The van der Waals surface area contributed by atoms with E-state index in [1.807, 2.05) is 55.9 Å². The van der Waals surface area contributed by atoms with Crippen molar-refractivity contribution in [2.45, 2.75) is 19.9 Å². The third-order valence-electron chi connectivity index (χ3n) is 4.07. The summed E-state index contributed by atoms with van der Waals surface area (Å²) in [6.45, 7) is 3.78. The number of pyridine rings is 1. The van der Waals surface area contributed by atoms with E-state index in [1.165, 1.54) is 10.6 Å². The van der Waals surface area contributed by atoms with E-state index in [0.29, 0.717) is 0 Å². The quantitative estimate of drug-likeness (QED) is 0.588. The molecule has 0 spiro atoms. The Bertz CT molecular complexity index is 1010. The number of aryl methyl sites for hydroxylation is 1. The number of hydrogen-bond donors (Lipinski definition) is 1. The molecule has 2 heterocycles. The highest BCUT2D eigenvalue weighted by Gasteiger charge is 2.12. The number of aromatic nitrogens is 2. The number of hydrazone groups is 1. The van der Waals surface area contributed by atoms with Crippen molar-refractivity contribution in [1.29, 1.82) is 0 Å². The molecule has 0 atom stereocenters. The number of carbonyl (C=O) groups excluding carboxylic acids is 1. The first kappa shape index (κ1) is 16.7. The molecule has 0 aliphatic carbocycles. The number of benzene rings is 1. The monoisotopic (exact) mass is 336 g/mol. The summed E-state index contributed by atoms with van der Waals surface area (Å²) >= 11 is 0. The highest BCUT2D eigenvalue weighted by atomic mass is 16.2. The van der Waals surface area contributed by atoms with Crippen molar-refractivity contribution in [3.05, 3.63) is 70.3 Å². The van der Waals surface area contributed by atoms with Gasteiger partial charge in [-0.2, -0.15) is 5.10 Å². The van der Waals surface area contributed by atoms with Crippen molar-refractivity contribution in [3.8, 4) is 0 Å². The number of carbonyl (C=O) groups is 1. The van der Waals surface area contributed by atoms with E-state index >= 15 is 0 Å². The normalized spacial score (nSPS) is 11.5. The van der Waals surface area contributed by atoms with Gasteiger partial charge < -0.3 is 9.13 Å². The lowest BCUT2D eigenvalue weighted by Gasteiger charge is -2.10. The third-order valence-corrected chi connectivity index (χ3v) is 4.07. The summed E-state index contributed by atoms with van der Waals surface area (Å²) < 4.78 is 3.51. The molecule has 25 heavy (non-hydrogen) atoms. The van der Waals surface area contributed by atoms with Crippen LogP contribution < -0.4 is 11.0 Å². The predicted octanol–water partition coefficient (Wildman–Crippen LogP) is 2.68. The summed E-state index contributed by atoms with van der Waals surface area (Å²) in [6.07, 6.45) is 5.20. The third kappa shape index (κ3) is 3.24. The molecule has 1 N–H and O–H groups in total. The molecule has 0 aliphatic heterocycles. The predicted molar refractivity (Wildman–Crippen MR) is 99.1 cm³/mol. The highest BCUT2D eigenvalue weighted by molar-refractivity contribution is 6.00. The molecule has 2 aromatic heterocycles. The molecule has 128 valence electrons. The minimum atomic E-state index is -0.517. The van der Waals surface area contributed by atoms with Crippen molar-refractivity contribution < 1.29 is 4.79 Å². The van der Waals surface area contributed by atoms with Crippen molar-refractivity contribution >= 4 is 23.0 Å². The van der Waals surface area contributed by atoms with Crippen molar-refractivity contribution in [3.63, 3.8) is 0 Å². The molecule has 3 rings (SSSR count). The Kier molecular flexibility index (Phi) is 4.52. The van der Waals surface area contributed by atoms with Gasteiger partial charge in [-0.05, 0) is 32.0 Å². The molecule has 0 unspecified atom stereocenters. The van der Waals surface area contributed by atoms with Crippen LogP contribution >= 0.6 is 0 Å². The largest absolute Gasteiger partial charge is 0.350 e. The van der Waals surface area contributed by atoms with E-state index < -0.39 is 5.91 Å². The lowest BCUT2D eigenvalue weighted by molar-refractivity contribution is 0.0953. The number of nitrogens with one attached hydrogen (secondary N) is 1. The Labute approximate surface area is 145 Å². The Morgan fingerprint density at radius 2 is 1.96 bits per heavy atom. The summed E-state index contributed by atoms with van der Waals surface area (Å²) in [4.78, 5) is 24.6. The van der Waals surface area contributed by atoms with Crippen molar-refractivity contribution in [1.82, 2.24) is 14.6 Å². The first-order valence-electron chi connectivity index (χ1n) is 8.07. The zero-order valence-electron chi connectivity index (χ0n) is 14.4. The average molecular weight is 336 g/mol. The molecule has 0 aliphatic rings. The fourth-order valence-electron chi connectivity index (χ4n) is 2.79. The van der Waals surface area contributed by atoms with Gasteiger partial charge in [0, 0.05) is 41.9 Å². The van der Waals surface area contributed by atoms with Crippen LogP contribution in [0.4, 0.5) is 0 Å². The van der Waals surface area contributed by atoms with E-state index in [1.54, 1.807) is 18.5 Å². The fraction of sp³-hybridized carbons (Fsp3) is 0.211. The van der Waals surface area contributed by atoms with Crippen molar-refractivity contribution in [2.75, 3.05) is 0 Å². The topological polar surface area (TPSA) is 68.4 Å². The number of para-hydroxylation sites is 1. The Balaban J connectivity index is 1.82. The molecular weight excluding hydrogens is 316 g/mol. The highest BCUT2D eigenvalue weighted by Crippen LogP contribution is 2.18. The van der Waals surface area contributed by atoms with Crippen LogP contribution in [0.1, 0.15) is 35.8 Å². The molecule has 3 aromatic rings. The lowest BCUT2D eigenvalue weighted by atomic mass is 10.2. The van der Waals surface area contributed by atoms with Crippen LogP contribution in [0.25, 0.3) is 10.9 Å². The van der Waals surface area contributed by atoms with Crippen LogP contribution in [0.5, 0.6) is 0 Å². The van der Waals surface area contributed by atoms with Gasteiger partial charge in [-0.1, -0.05) is 18.2 Å². The van der Waals surface area contributed by atoms with Gasteiger partial charge >= 0.3 is 0 Å². The summed E-state index contributed by atoms with van der Waals surface area (Å²) in [5.74, 6) is -0.517. The molecular formula is C19H20N4O2. The van der Waals surface area contributed by atoms with Crippen LogP contribution in [0.2, 0.25) is 0 Å². The second-order valence-corrected chi connectivity index (χ2v) is 6.14. The second-order valence-electron chi connectivity index (χ2n) is 6.14. The molecule has 0 saturated heterocycles. The maximum atomic E-state index is 12.3. The second kappa shape index (κ2) is 6.76. The molecule has 6 nitrogen and oxygen atoms in total. The molecule has 0 radical (unpaired) electrons. The van der Waals surface area contributed by atoms with Crippen LogP contribution in [0.15, 0.2) is 58.7 Å². The van der Waals surface area contributed by atoms with Gasteiger partial charge in [-0.25, -0.2) is 5.43 Å². The van der Waals surface area contributed by atoms with Gasteiger partial charge in [0.1, 0.15) is 5.56 Å². The van der Waals surface area contributed by atoms with E-state index in [4.69, 9.17) is 0 Å². The molecule has 1 amide bonds. The summed E-state index contributed by atoms with van der Waals surface area (Å²) in [6, 6.07) is 11.1. The van der Waals surface area contributed by atoms with E-state index in [-0.39, 0.29) is 17.2 Å². The Morgan fingerprint density at radius 3 is 2.72 bits per heavy atom. The average Bonchev–Trinajstić information content (AvgIpc) is 2.91. The molecule has 1 aromatic carbocycles. The van der Waals surface area contributed by atoms with Crippen molar-refractivity contribution in [2.24, 2.45) is 12.1 Å². The van der Waals surface area contributed by atoms with Gasteiger partial charge in [-0.3, -0.25) is 9.59 Å². The van der Waals surface area contributed by atoms with Gasteiger partial charge in [0.15, 0.2) is 0 Å². The SMILES string of the molecule is CC(C)n1cccc(C(=O)N/N=C\c2cn(C)c3ccccc23)c1=O. The van der Waals surface area contributed by atoms with E-state index in [0.717, 1.165) is 16.5 Å². The number of fused-ring (bicyclic) bond motifs is 1. The van der Waals surface area contributed by atoms with Gasteiger partial charge in [0.25, 0.3) is 11.5 Å². The number of hydrogen-bond acceptors (Lipinski definition) is 3. The molecule has 0 fully saturated rings. The Hall–Kier alpha value is -3.15. The fourth-order valence-corrected chi connectivity index (χ4v) is 2.79. The zero-order chi connectivity index (χ0) is 18.0. The molecule has 6 heteroatoms. The first-order valence-corrected chi connectivity index (χ1v) is 8.07. The van der Waals surface area contributed by atoms with Crippen LogP contribution in [-0.2, 0) is 7.05 Å². The first-order chi connectivity index (χ1) is 12.0. The zero-order valence-corrected chi connectivity index (χ0v) is 14.4. The van der Waals surface area contributed by atoms with Crippen LogP contribution in [-0.4, -0.2) is 21.3 Å². The van der Waals surface area contributed by atoms with Gasteiger partial charge in [0.2, 0.25) is 0 Å². The minimum Gasteiger partial charge on any atom is -0.350 e. The molecule has 0 saturated carbocycles. The number of nitrogens with zero attached hydrogens (tertiary/aromatic N) is 3. The van der Waals surface area contributed by atoms with Gasteiger partial charge in [0.05, 0.1) is 6.21 Å². The summed E-state index contributed by atoms with van der Waals surface area (Å²) in [7, 11) is 1.95. The number of rotatable bonds is 4. The van der Waals surface area contributed by atoms with Gasteiger partial charge in [-0.15, -0.1) is 0 Å². The van der Waals surface area contributed by atoms with E-state index in [9.17, 15) is 9.59 Å². The standard InChI is InChI=1S/C19H20N4O2/c1-13(2)23-10-6-8-16(19(23)25)18(24)21-20-11-14-12-22(3)17-9-5-4-7-15(14)17/h4-13H,1-3H3,(H,21,24)/b20-11-. The van der Waals surface area contributed by atoms with Crippen LogP contribution in [0.3, 0.4) is 0 Å². The van der Waals surface area contributed by atoms with Crippen LogP contribution in [0, 0.1) is 0 Å². The summed E-state index contributed by atoms with van der Waals surface area (Å²) in [5.41, 5.74) is 4.16. The maximum Gasteiger partial charge on any atom is 0.276 e. The Morgan fingerprint density at radius 1 is 1.20 bits per heavy atom. The lowest BCUT2D eigenvalue weighted by Crippen LogP contribution is -2.31. The smallest absolute Gasteiger partial charge is 0.276 e. The minimum absolute atomic E-state index is 0.0144. The number of amides is 1. The van der Waals surface area contributed by atoms with E-state index in [2.05, 4.69) is 10.5 Å². The summed E-state index contributed by atoms with van der Waals surface area (Å²) in [5, 5.41) is 5.06. The maximum absolute atomic E-state index is 12.3. The molecule has 0 bridgehead atoms.